The van der Waals surface area contributed by atoms with Crippen LogP contribution in [-0.2, 0) is 4.74 Å². The van der Waals surface area contributed by atoms with Crippen LogP contribution in [0.4, 0.5) is 5.82 Å². The molecule has 1 aliphatic heterocycles. The second-order valence-electron chi connectivity index (χ2n) is 8.49. The Hall–Kier alpha value is -3.00. The maximum absolute atomic E-state index is 5.93. The summed E-state index contributed by atoms with van der Waals surface area (Å²) >= 11 is 0. The molecule has 1 saturated heterocycles. The van der Waals surface area contributed by atoms with Gasteiger partial charge in [-0.1, -0.05) is 17.3 Å². The van der Waals surface area contributed by atoms with E-state index in [9.17, 15) is 0 Å². The molecule has 31 heavy (non-hydrogen) atoms. The first-order valence-corrected chi connectivity index (χ1v) is 10.8. The Bertz CT molecular complexity index is 1050. The molecule has 3 heterocycles. The third kappa shape index (κ3) is 3.65. The van der Waals surface area contributed by atoms with Gasteiger partial charge in [-0.05, 0) is 43.7 Å². The van der Waals surface area contributed by atoms with Crippen LogP contribution in [-0.4, -0.2) is 58.4 Å². The predicted octanol–water partition coefficient (Wildman–Crippen LogP) is 3.15. The first-order valence-electron chi connectivity index (χ1n) is 10.8. The van der Waals surface area contributed by atoms with E-state index < -0.39 is 0 Å². The number of aromatic nitrogens is 5. The molecule has 8 heteroatoms. The highest BCUT2D eigenvalue weighted by molar-refractivity contribution is 5.66. The molecule has 2 aromatic heterocycles. The summed E-state index contributed by atoms with van der Waals surface area (Å²) in [5.41, 5.74) is 2.75. The first kappa shape index (κ1) is 19.9. The molecule has 1 saturated carbocycles. The van der Waals surface area contributed by atoms with E-state index in [1.807, 2.05) is 42.1 Å². The van der Waals surface area contributed by atoms with Gasteiger partial charge in [-0.2, -0.15) is 0 Å². The van der Waals surface area contributed by atoms with Crippen molar-refractivity contribution in [2.75, 3.05) is 32.2 Å². The number of benzene rings is 1. The fourth-order valence-corrected chi connectivity index (χ4v) is 5.22. The van der Waals surface area contributed by atoms with E-state index in [1.165, 1.54) is 0 Å². The van der Waals surface area contributed by atoms with Crippen molar-refractivity contribution in [1.29, 1.82) is 0 Å². The number of nitrogens with zero attached hydrogens (tertiary/aromatic N) is 6. The largest absolute Gasteiger partial charge is 0.496 e. The van der Waals surface area contributed by atoms with Gasteiger partial charge in [0.2, 0.25) is 0 Å². The number of fused-ring (bicyclic) bond motifs is 1. The molecule has 1 aromatic carbocycles. The van der Waals surface area contributed by atoms with Crippen molar-refractivity contribution in [1.82, 2.24) is 25.0 Å². The summed E-state index contributed by atoms with van der Waals surface area (Å²) in [6, 6.07) is 8.06. The molecule has 8 nitrogen and oxygen atoms in total. The quantitative estimate of drug-likeness (QED) is 0.627. The number of para-hydroxylation sites is 1. The van der Waals surface area contributed by atoms with Crippen LogP contribution in [0, 0.1) is 18.8 Å². The molecule has 0 amide bonds. The van der Waals surface area contributed by atoms with E-state index >= 15 is 0 Å². The Morgan fingerprint density at radius 3 is 2.55 bits per heavy atom. The van der Waals surface area contributed by atoms with E-state index in [-0.39, 0.29) is 12.1 Å². The molecule has 4 atom stereocenters. The number of anilines is 1. The molecule has 0 unspecified atom stereocenters. The van der Waals surface area contributed by atoms with Crippen LogP contribution < -0.4 is 9.64 Å². The molecule has 3 aromatic rings. The van der Waals surface area contributed by atoms with Crippen LogP contribution >= 0.6 is 0 Å². The van der Waals surface area contributed by atoms with Crippen molar-refractivity contribution in [3.05, 3.63) is 48.5 Å². The number of hydrogen-bond acceptors (Lipinski definition) is 7. The molecular weight excluding hydrogens is 392 g/mol. The topological polar surface area (TPSA) is 78.2 Å². The van der Waals surface area contributed by atoms with Gasteiger partial charge in [0.25, 0.3) is 0 Å². The molecule has 2 aliphatic rings. The van der Waals surface area contributed by atoms with Crippen LogP contribution in [0.2, 0.25) is 0 Å². The highest BCUT2D eigenvalue weighted by atomic mass is 16.5. The van der Waals surface area contributed by atoms with Gasteiger partial charge in [0.05, 0.1) is 31.1 Å². The van der Waals surface area contributed by atoms with Gasteiger partial charge in [0.1, 0.15) is 17.3 Å². The zero-order valence-electron chi connectivity index (χ0n) is 18.2. The van der Waals surface area contributed by atoms with Crippen LogP contribution in [0.3, 0.4) is 0 Å². The summed E-state index contributed by atoms with van der Waals surface area (Å²) in [5.74, 6) is 2.95. The fraction of sp³-hybridized carbons (Fsp3) is 0.478. The average molecular weight is 421 g/mol. The van der Waals surface area contributed by atoms with Crippen LogP contribution in [0.1, 0.15) is 24.6 Å². The summed E-state index contributed by atoms with van der Waals surface area (Å²) in [6.45, 7) is 4.02. The number of hydrogen-bond donors (Lipinski definition) is 0. The van der Waals surface area contributed by atoms with Gasteiger partial charge in [0.15, 0.2) is 0 Å². The molecule has 0 radical (unpaired) electrons. The van der Waals surface area contributed by atoms with E-state index in [2.05, 4.69) is 25.2 Å². The average Bonchev–Trinajstić information content (AvgIpc) is 3.45. The second-order valence-corrected chi connectivity index (χ2v) is 8.49. The van der Waals surface area contributed by atoms with Crippen molar-refractivity contribution >= 4 is 5.82 Å². The number of ether oxygens (including phenoxy) is 2. The minimum Gasteiger partial charge on any atom is -0.496 e. The van der Waals surface area contributed by atoms with Gasteiger partial charge >= 0.3 is 0 Å². The van der Waals surface area contributed by atoms with Crippen molar-refractivity contribution in [3.63, 3.8) is 0 Å². The summed E-state index contributed by atoms with van der Waals surface area (Å²) in [6.07, 6.45) is 7.67. The lowest BCUT2D eigenvalue weighted by Crippen LogP contribution is -2.37. The highest BCUT2D eigenvalue weighted by Crippen LogP contribution is 2.43. The van der Waals surface area contributed by atoms with Gasteiger partial charge in [-0.15, -0.1) is 5.10 Å². The van der Waals surface area contributed by atoms with Gasteiger partial charge in [-0.25, -0.2) is 9.67 Å². The number of methoxy groups -OCH3 is 2. The molecule has 0 bridgehead atoms. The van der Waals surface area contributed by atoms with E-state index in [1.54, 1.807) is 26.6 Å². The van der Waals surface area contributed by atoms with Gasteiger partial charge < -0.3 is 14.4 Å². The Labute approximate surface area is 182 Å². The zero-order valence-corrected chi connectivity index (χ0v) is 18.2. The van der Waals surface area contributed by atoms with Crippen LogP contribution in [0.25, 0.3) is 11.3 Å². The number of aryl methyl sites for hydroxylation is 1. The lowest BCUT2D eigenvalue weighted by atomic mass is 9.77. The Kier molecular flexibility index (Phi) is 5.31. The minimum atomic E-state index is 0.108. The van der Waals surface area contributed by atoms with Crippen molar-refractivity contribution < 1.29 is 9.47 Å². The molecule has 5 rings (SSSR count). The monoisotopic (exact) mass is 420 g/mol. The van der Waals surface area contributed by atoms with E-state index in [0.29, 0.717) is 11.8 Å². The van der Waals surface area contributed by atoms with E-state index in [0.717, 1.165) is 54.4 Å². The van der Waals surface area contributed by atoms with Crippen LogP contribution in [0.15, 0.2) is 42.9 Å². The van der Waals surface area contributed by atoms with Crippen LogP contribution in [0.5, 0.6) is 5.75 Å². The lowest BCUT2D eigenvalue weighted by molar-refractivity contribution is -0.00541. The Balaban J connectivity index is 1.38. The van der Waals surface area contributed by atoms with Crippen molar-refractivity contribution in [3.8, 4) is 17.0 Å². The van der Waals surface area contributed by atoms with Crippen molar-refractivity contribution in [2.45, 2.75) is 31.9 Å². The Morgan fingerprint density at radius 1 is 1.00 bits per heavy atom. The molecular formula is C23H28N6O2. The second kappa shape index (κ2) is 8.26. The molecule has 0 spiro atoms. The highest BCUT2D eigenvalue weighted by Gasteiger charge is 2.44. The lowest BCUT2D eigenvalue weighted by Gasteiger charge is -2.36. The molecule has 1 aliphatic carbocycles. The smallest absolute Gasteiger partial charge is 0.150 e. The maximum atomic E-state index is 5.93. The minimum absolute atomic E-state index is 0.108. The standard InChI is InChI=1S/C23H28N6O2/c1-15-23(25-9-8-24-15)28-12-16-10-20(22(31-3)11-17(16)13-28)29-14-19(26-27-29)18-6-4-5-7-21(18)30-2/h4-9,14,16-17,20,22H,10-13H2,1-3H3/t16-,17+,20-,22-/m1/s1. The summed E-state index contributed by atoms with van der Waals surface area (Å²) in [7, 11) is 3.48. The molecule has 2 fully saturated rings. The predicted molar refractivity (Wildman–Crippen MR) is 117 cm³/mol. The molecule has 162 valence electrons. The summed E-state index contributed by atoms with van der Waals surface area (Å²) in [5, 5.41) is 8.94. The van der Waals surface area contributed by atoms with Gasteiger partial charge in [-0.3, -0.25) is 4.98 Å². The van der Waals surface area contributed by atoms with Gasteiger partial charge in [0, 0.05) is 38.2 Å². The van der Waals surface area contributed by atoms with Crippen molar-refractivity contribution in [2.24, 2.45) is 11.8 Å². The third-order valence-corrected chi connectivity index (χ3v) is 6.78. The summed E-state index contributed by atoms with van der Waals surface area (Å²) in [4.78, 5) is 11.4. The zero-order chi connectivity index (χ0) is 21.4. The van der Waals surface area contributed by atoms with E-state index in [4.69, 9.17) is 9.47 Å². The Morgan fingerprint density at radius 2 is 1.77 bits per heavy atom. The molecule has 0 N–H and O–H groups in total. The number of rotatable bonds is 5. The fourth-order valence-electron chi connectivity index (χ4n) is 5.22. The third-order valence-electron chi connectivity index (χ3n) is 6.78. The summed E-state index contributed by atoms with van der Waals surface area (Å²) < 4.78 is 13.4. The maximum Gasteiger partial charge on any atom is 0.150 e. The first-order chi connectivity index (χ1) is 15.2. The normalized spacial score (nSPS) is 25.5. The SMILES string of the molecule is COc1ccccc1-c1cn([C@@H]2C[C@@H]3CN(c4nccnc4C)C[C@@H]3C[C@H]2OC)nn1.